The van der Waals surface area contributed by atoms with Gasteiger partial charge < -0.3 is 4.57 Å². The first-order chi connectivity index (χ1) is 10.6. The molecule has 0 amide bonds. The van der Waals surface area contributed by atoms with Crippen molar-refractivity contribution in [3.63, 3.8) is 0 Å². The lowest BCUT2D eigenvalue weighted by Crippen LogP contribution is -2.14. The van der Waals surface area contributed by atoms with Gasteiger partial charge in [-0.25, -0.2) is 19.3 Å². The van der Waals surface area contributed by atoms with E-state index in [1.165, 1.54) is 6.07 Å². The molecule has 1 unspecified atom stereocenters. The molecule has 3 aromatic rings. The number of aromatic nitrogens is 4. The van der Waals surface area contributed by atoms with Gasteiger partial charge in [0, 0.05) is 24.2 Å². The Labute approximate surface area is 132 Å². The van der Waals surface area contributed by atoms with Crippen molar-refractivity contribution in [3.8, 4) is 11.3 Å². The van der Waals surface area contributed by atoms with Crippen molar-refractivity contribution in [2.45, 2.75) is 32.2 Å². The minimum absolute atomic E-state index is 0.154. The van der Waals surface area contributed by atoms with Crippen LogP contribution in [0, 0.1) is 5.82 Å². The van der Waals surface area contributed by atoms with Crippen LogP contribution in [0.4, 0.5) is 4.39 Å². The summed E-state index contributed by atoms with van der Waals surface area (Å²) in [6, 6.07) is 5.46. The molecular formula is C16H14ClFN4. The second-order valence-corrected chi connectivity index (χ2v) is 6.01. The number of hydrogen-bond acceptors (Lipinski definition) is 3. The normalized spacial score (nSPS) is 17.7. The van der Waals surface area contributed by atoms with Crippen molar-refractivity contribution in [3.05, 3.63) is 41.3 Å². The zero-order chi connectivity index (χ0) is 15.3. The lowest BCUT2D eigenvalue weighted by atomic mass is 10.1. The van der Waals surface area contributed by atoms with Gasteiger partial charge in [0.2, 0.25) is 5.28 Å². The molecule has 0 saturated heterocycles. The summed E-state index contributed by atoms with van der Waals surface area (Å²) in [5, 5.41) is 0.154. The Morgan fingerprint density at radius 2 is 2.18 bits per heavy atom. The van der Waals surface area contributed by atoms with Gasteiger partial charge >= 0.3 is 0 Å². The molecule has 22 heavy (non-hydrogen) atoms. The summed E-state index contributed by atoms with van der Waals surface area (Å²) < 4.78 is 16.6. The summed E-state index contributed by atoms with van der Waals surface area (Å²) in [4.78, 5) is 12.5. The highest BCUT2D eigenvalue weighted by Gasteiger charge is 2.22. The summed E-state index contributed by atoms with van der Waals surface area (Å²) in [6.45, 7) is 2.15. The SMILES string of the molecule is CC1CCCc2nc3c(F)cc(-c4ccnc(Cl)n4)cc3n21. The number of nitrogens with zero attached hydrogens (tertiary/aromatic N) is 4. The predicted molar refractivity (Wildman–Crippen MR) is 83.4 cm³/mol. The topological polar surface area (TPSA) is 43.6 Å². The highest BCUT2D eigenvalue weighted by Crippen LogP contribution is 2.33. The van der Waals surface area contributed by atoms with Gasteiger partial charge in [0.25, 0.3) is 0 Å². The van der Waals surface area contributed by atoms with Crippen molar-refractivity contribution in [2.24, 2.45) is 0 Å². The molecule has 0 bridgehead atoms. The number of imidazole rings is 1. The molecule has 0 aliphatic carbocycles. The first-order valence-electron chi connectivity index (χ1n) is 7.33. The van der Waals surface area contributed by atoms with Crippen LogP contribution in [-0.4, -0.2) is 19.5 Å². The third-order valence-electron chi connectivity index (χ3n) is 4.21. The maximum Gasteiger partial charge on any atom is 0.222 e. The molecule has 6 heteroatoms. The van der Waals surface area contributed by atoms with Crippen LogP contribution in [0.15, 0.2) is 24.4 Å². The van der Waals surface area contributed by atoms with Crippen molar-refractivity contribution in [1.82, 2.24) is 19.5 Å². The van der Waals surface area contributed by atoms with E-state index >= 15 is 0 Å². The third kappa shape index (κ3) is 2.08. The van der Waals surface area contributed by atoms with E-state index in [1.54, 1.807) is 12.3 Å². The minimum Gasteiger partial charge on any atom is -0.325 e. The van der Waals surface area contributed by atoms with Crippen molar-refractivity contribution < 1.29 is 4.39 Å². The summed E-state index contributed by atoms with van der Waals surface area (Å²) >= 11 is 5.84. The van der Waals surface area contributed by atoms with E-state index in [2.05, 4.69) is 26.4 Å². The lowest BCUT2D eigenvalue weighted by molar-refractivity contribution is 0.436. The molecular weight excluding hydrogens is 303 g/mol. The monoisotopic (exact) mass is 316 g/mol. The van der Waals surface area contributed by atoms with Crippen molar-refractivity contribution >= 4 is 22.6 Å². The number of aryl methyl sites for hydroxylation is 1. The number of halogens is 2. The van der Waals surface area contributed by atoms with Crippen LogP contribution in [-0.2, 0) is 6.42 Å². The molecule has 0 spiro atoms. The highest BCUT2D eigenvalue weighted by atomic mass is 35.5. The van der Waals surface area contributed by atoms with Gasteiger partial charge in [-0.3, -0.25) is 0 Å². The second kappa shape index (κ2) is 5.02. The predicted octanol–water partition coefficient (Wildman–Crippen LogP) is 4.18. The van der Waals surface area contributed by atoms with Gasteiger partial charge in [0.1, 0.15) is 11.3 Å². The molecule has 0 N–H and O–H groups in total. The van der Waals surface area contributed by atoms with Gasteiger partial charge in [0.05, 0.1) is 11.2 Å². The van der Waals surface area contributed by atoms with E-state index < -0.39 is 0 Å². The molecule has 4 nitrogen and oxygen atoms in total. The molecule has 2 aromatic heterocycles. The first kappa shape index (κ1) is 13.6. The van der Waals surface area contributed by atoms with Crippen LogP contribution in [0.2, 0.25) is 5.28 Å². The summed E-state index contributed by atoms with van der Waals surface area (Å²) in [7, 11) is 0. The standard InChI is InChI=1S/C16H14ClFN4/c1-9-3-2-4-14-21-15-11(18)7-10(8-13(15)22(9)14)12-5-6-19-16(17)20-12/h5-9H,2-4H2,1H3. The van der Waals surface area contributed by atoms with Gasteiger partial charge in [-0.2, -0.15) is 0 Å². The molecule has 0 radical (unpaired) electrons. The fourth-order valence-electron chi connectivity index (χ4n) is 3.20. The Morgan fingerprint density at radius 1 is 1.32 bits per heavy atom. The average Bonchev–Trinajstić information content (AvgIpc) is 2.88. The smallest absolute Gasteiger partial charge is 0.222 e. The van der Waals surface area contributed by atoms with E-state index in [9.17, 15) is 4.39 Å². The van der Waals surface area contributed by atoms with Crippen LogP contribution in [0.1, 0.15) is 31.6 Å². The Bertz CT molecular complexity index is 874. The third-order valence-corrected chi connectivity index (χ3v) is 4.39. The maximum absolute atomic E-state index is 14.5. The van der Waals surface area contributed by atoms with Crippen molar-refractivity contribution in [1.29, 1.82) is 0 Å². The Hall–Kier alpha value is -2.01. The first-order valence-corrected chi connectivity index (χ1v) is 7.70. The summed E-state index contributed by atoms with van der Waals surface area (Å²) in [5.74, 6) is 0.641. The number of fused-ring (bicyclic) bond motifs is 3. The van der Waals surface area contributed by atoms with Gasteiger partial charge in [-0.05, 0) is 49.6 Å². The second-order valence-electron chi connectivity index (χ2n) is 5.68. The largest absolute Gasteiger partial charge is 0.325 e. The molecule has 3 heterocycles. The number of rotatable bonds is 1. The molecule has 1 atom stereocenters. The van der Waals surface area contributed by atoms with Crippen molar-refractivity contribution in [2.75, 3.05) is 0 Å². The Balaban J connectivity index is 1.97. The summed E-state index contributed by atoms with van der Waals surface area (Å²) in [5.41, 5.74) is 2.56. The molecule has 4 rings (SSSR count). The zero-order valence-corrected chi connectivity index (χ0v) is 12.8. The molecule has 0 fully saturated rings. The van der Waals surface area contributed by atoms with E-state index in [-0.39, 0.29) is 11.1 Å². The lowest BCUT2D eigenvalue weighted by Gasteiger charge is -2.22. The van der Waals surface area contributed by atoms with Crippen LogP contribution >= 0.6 is 11.6 Å². The van der Waals surface area contributed by atoms with Gasteiger partial charge in [-0.15, -0.1) is 0 Å². The van der Waals surface area contributed by atoms with Gasteiger partial charge in [-0.1, -0.05) is 0 Å². The maximum atomic E-state index is 14.5. The fraction of sp³-hybridized carbons (Fsp3) is 0.312. The molecule has 112 valence electrons. The van der Waals surface area contributed by atoms with Gasteiger partial charge in [0.15, 0.2) is 5.82 Å². The molecule has 1 aliphatic heterocycles. The molecule has 0 saturated carbocycles. The van der Waals surface area contributed by atoms with E-state index in [1.807, 2.05) is 6.07 Å². The Kier molecular flexibility index (Phi) is 3.11. The molecule has 1 aromatic carbocycles. The quantitative estimate of drug-likeness (QED) is 0.632. The fourth-order valence-corrected chi connectivity index (χ4v) is 3.34. The zero-order valence-electron chi connectivity index (χ0n) is 12.1. The average molecular weight is 317 g/mol. The molecule has 1 aliphatic rings. The summed E-state index contributed by atoms with van der Waals surface area (Å²) in [6.07, 6.45) is 4.65. The van der Waals surface area contributed by atoms with Crippen LogP contribution in [0.5, 0.6) is 0 Å². The van der Waals surface area contributed by atoms with E-state index in [0.717, 1.165) is 30.6 Å². The van der Waals surface area contributed by atoms with E-state index in [4.69, 9.17) is 11.6 Å². The highest BCUT2D eigenvalue weighted by molar-refractivity contribution is 6.28. The van der Waals surface area contributed by atoms with Crippen LogP contribution in [0.25, 0.3) is 22.3 Å². The number of hydrogen-bond donors (Lipinski definition) is 0. The van der Waals surface area contributed by atoms with Crippen LogP contribution < -0.4 is 0 Å². The van der Waals surface area contributed by atoms with Crippen LogP contribution in [0.3, 0.4) is 0 Å². The Morgan fingerprint density at radius 3 is 3.00 bits per heavy atom. The number of benzene rings is 1. The van der Waals surface area contributed by atoms with E-state index in [0.29, 0.717) is 22.8 Å². The minimum atomic E-state index is -0.323.